The lowest BCUT2D eigenvalue weighted by Crippen LogP contribution is -2.45. The molecule has 15 heavy (non-hydrogen) atoms. The van der Waals surface area contributed by atoms with Crippen LogP contribution in [-0.2, 0) is 4.79 Å². The molecule has 1 aliphatic heterocycles. The molecule has 2 rings (SSSR count). The van der Waals surface area contributed by atoms with Gasteiger partial charge in [0.15, 0.2) is 0 Å². The standard InChI is InChI=1S/C11H13FN2O/c12-10-4-2-1-3-9(10)11-7-13-5-6-14(11)8-15/h1-4,8,11,13H,5-7H2. The third kappa shape index (κ3) is 1.99. The van der Waals surface area contributed by atoms with Gasteiger partial charge in [-0.1, -0.05) is 18.2 Å². The highest BCUT2D eigenvalue weighted by Crippen LogP contribution is 2.22. The predicted octanol–water partition coefficient (Wildman–Crippen LogP) is 0.928. The lowest BCUT2D eigenvalue weighted by atomic mass is 10.0. The van der Waals surface area contributed by atoms with Gasteiger partial charge in [0, 0.05) is 25.2 Å². The van der Waals surface area contributed by atoms with Crippen molar-refractivity contribution in [2.24, 2.45) is 0 Å². The van der Waals surface area contributed by atoms with Gasteiger partial charge in [0.1, 0.15) is 5.82 Å². The third-order valence-corrected chi connectivity index (χ3v) is 2.68. The molecule has 1 fully saturated rings. The second-order valence-corrected chi connectivity index (χ2v) is 3.58. The van der Waals surface area contributed by atoms with Gasteiger partial charge in [0.05, 0.1) is 6.04 Å². The van der Waals surface area contributed by atoms with E-state index >= 15 is 0 Å². The SMILES string of the molecule is O=CN1CCNCC1c1ccccc1F. The Bertz CT molecular complexity index is 356. The van der Waals surface area contributed by atoms with Crippen molar-refractivity contribution in [2.75, 3.05) is 19.6 Å². The monoisotopic (exact) mass is 208 g/mol. The number of nitrogens with zero attached hydrogens (tertiary/aromatic N) is 1. The molecule has 1 aliphatic rings. The minimum Gasteiger partial charge on any atom is -0.336 e. The van der Waals surface area contributed by atoms with Crippen molar-refractivity contribution in [1.29, 1.82) is 0 Å². The van der Waals surface area contributed by atoms with E-state index in [4.69, 9.17) is 0 Å². The topological polar surface area (TPSA) is 32.3 Å². The van der Waals surface area contributed by atoms with Gasteiger partial charge in [0.25, 0.3) is 0 Å². The summed E-state index contributed by atoms with van der Waals surface area (Å²) < 4.78 is 13.5. The zero-order valence-electron chi connectivity index (χ0n) is 8.32. The van der Waals surface area contributed by atoms with Crippen LogP contribution in [0.5, 0.6) is 0 Å². The average molecular weight is 208 g/mol. The maximum absolute atomic E-state index is 13.5. The molecular formula is C11H13FN2O. The van der Waals surface area contributed by atoms with Crippen molar-refractivity contribution in [3.8, 4) is 0 Å². The first-order valence-corrected chi connectivity index (χ1v) is 4.99. The highest BCUT2D eigenvalue weighted by atomic mass is 19.1. The molecule has 1 N–H and O–H groups in total. The largest absolute Gasteiger partial charge is 0.336 e. The summed E-state index contributed by atoms with van der Waals surface area (Å²) in [6, 6.07) is 6.41. The van der Waals surface area contributed by atoms with Crippen LogP contribution in [0, 0.1) is 5.82 Å². The fourth-order valence-corrected chi connectivity index (χ4v) is 1.88. The van der Waals surface area contributed by atoms with Crippen LogP contribution in [0.25, 0.3) is 0 Å². The van der Waals surface area contributed by atoms with Crippen LogP contribution in [0.4, 0.5) is 4.39 Å². The highest BCUT2D eigenvalue weighted by Gasteiger charge is 2.24. The van der Waals surface area contributed by atoms with Crippen LogP contribution in [0.3, 0.4) is 0 Å². The Balaban J connectivity index is 2.28. The average Bonchev–Trinajstić information content (AvgIpc) is 2.30. The molecule has 1 heterocycles. The number of halogens is 1. The summed E-state index contributed by atoms with van der Waals surface area (Å²) in [5, 5.41) is 3.16. The van der Waals surface area contributed by atoms with E-state index < -0.39 is 0 Å². The fourth-order valence-electron chi connectivity index (χ4n) is 1.88. The van der Waals surface area contributed by atoms with Crippen LogP contribution >= 0.6 is 0 Å². The predicted molar refractivity (Wildman–Crippen MR) is 54.8 cm³/mol. The molecule has 0 saturated carbocycles. The Morgan fingerprint density at radius 1 is 1.47 bits per heavy atom. The number of nitrogens with one attached hydrogen (secondary N) is 1. The molecule has 4 heteroatoms. The van der Waals surface area contributed by atoms with E-state index in [2.05, 4.69) is 5.32 Å². The molecule has 3 nitrogen and oxygen atoms in total. The molecule has 1 unspecified atom stereocenters. The van der Waals surface area contributed by atoms with E-state index in [1.54, 1.807) is 23.1 Å². The molecule has 1 saturated heterocycles. The second-order valence-electron chi connectivity index (χ2n) is 3.58. The summed E-state index contributed by atoms with van der Waals surface area (Å²) in [5.74, 6) is -0.252. The van der Waals surface area contributed by atoms with Gasteiger partial charge in [-0.3, -0.25) is 4.79 Å². The maximum Gasteiger partial charge on any atom is 0.210 e. The van der Waals surface area contributed by atoms with E-state index in [0.29, 0.717) is 18.7 Å². The first-order chi connectivity index (χ1) is 7.33. The van der Waals surface area contributed by atoms with Gasteiger partial charge in [-0.05, 0) is 6.07 Å². The number of rotatable bonds is 2. The minimum absolute atomic E-state index is 0.183. The van der Waals surface area contributed by atoms with Crippen LogP contribution in [-0.4, -0.2) is 30.9 Å². The Labute approximate surface area is 87.9 Å². The molecule has 0 aliphatic carbocycles. The van der Waals surface area contributed by atoms with Gasteiger partial charge in [0.2, 0.25) is 6.41 Å². The van der Waals surface area contributed by atoms with Crippen molar-refractivity contribution in [3.05, 3.63) is 35.6 Å². The van der Waals surface area contributed by atoms with E-state index in [1.807, 2.05) is 0 Å². The quantitative estimate of drug-likeness (QED) is 0.733. The number of carbonyl (C=O) groups excluding carboxylic acids is 1. The number of piperazine rings is 1. The molecule has 1 amide bonds. The van der Waals surface area contributed by atoms with Crippen molar-refractivity contribution >= 4 is 6.41 Å². The van der Waals surface area contributed by atoms with Crippen molar-refractivity contribution in [2.45, 2.75) is 6.04 Å². The normalized spacial score (nSPS) is 21.4. The molecule has 1 aromatic rings. The summed E-state index contributed by atoms with van der Waals surface area (Å²) in [4.78, 5) is 12.5. The Morgan fingerprint density at radius 2 is 2.27 bits per heavy atom. The lowest BCUT2D eigenvalue weighted by molar-refractivity contribution is -0.121. The number of benzene rings is 1. The van der Waals surface area contributed by atoms with Crippen LogP contribution < -0.4 is 5.32 Å². The van der Waals surface area contributed by atoms with E-state index in [-0.39, 0.29) is 11.9 Å². The molecule has 1 aromatic carbocycles. The second kappa shape index (κ2) is 4.40. The summed E-state index contributed by atoms with van der Waals surface area (Å²) in [5.41, 5.74) is 0.580. The lowest BCUT2D eigenvalue weighted by Gasteiger charge is -2.33. The molecule has 0 radical (unpaired) electrons. The highest BCUT2D eigenvalue weighted by molar-refractivity contribution is 5.49. The Kier molecular flexibility index (Phi) is 2.97. The van der Waals surface area contributed by atoms with Crippen molar-refractivity contribution in [1.82, 2.24) is 10.2 Å². The van der Waals surface area contributed by atoms with Crippen LogP contribution in [0.1, 0.15) is 11.6 Å². The van der Waals surface area contributed by atoms with E-state index in [1.165, 1.54) is 6.07 Å². The first kappa shape index (κ1) is 10.1. The Morgan fingerprint density at radius 3 is 3.00 bits per heavy atom. The van der Waals surface area contributed by atoms with Crippen LogP contribution in [0.2, 0.25) is 0 Å². The summed E-state index contributed by atoms with van der Waals surface area (Å²) >= 11 is 0. The number of hydrogen-bond acceptors (Lipinski definition) is 2. The zero-order chi connectivity index (χ0) is 10.7. The number of carbonyl (C=O) groups is 1. The molecule has 80 valence electrons. The fraction of sp³-hybridized carbons (Fsp3) is 0.364. The maximum atomic E-state index is 13.5. The minimum atomic E-state index is -0.252. The summed E-state index contributed by atoms with van der Waals surface area (Å²) in [6.07, 6.45) is 0.790. The molecule has 1 atom stereocenters. The third-order valence-electron chi connectivity index (χ3n) is 2.68. The van der Waals surface area contributed by atoms with E-state index in [9.17, 15) is 9.18 Å². The van der Waals surface area contributed by atoms with E-state index in [0.717, 1.165) is 13.0 Å². The first-order valence-electron chi connectivity index (χ1n) is 4.99. The van der Waals surface area contributed by atoms with Crippen LogP contribution in [0.15, 0.2) is 24.3 Å². The molecule has 0 aromatic heterocycles. The molecular weight excluding hydrogens is 195 g/mol. The van der Waals surface area contributed by atoms with Crippen molar-refractivity contribution < 1.29 is 9.18 Å². The summed E-state index contributed by atoms with van der Waals surface area (Å²) in [7, 11) is 0. The Hall–Kier alpha value is -1.42. The molecule has 0 spiro atoms. The number of amides is 1. The van der Waals surface area contributed by atoms with Gasteiger partial charge < -0.3 is 10.2 Å². The number of hydrogen-bond donors (Lipinski definition) is 1. The van der Waals surface area contributed by atoms with Gasteiger partial charge in [-0.15, -0.1) is 0 Å². The zero-order valence-corrected chi connectivity index (χ0v) is 8.32. The van der Waals surface area contributed by atoms with Gasteiger partial charge in [-0.2, -0.15) is 0 Å². The summed E-state index contributed by atoms with van der Waals surface area (Å²) in [6.45, 7) is 2.01. The molecule has 0 bridgehead atoms. The van der Waals surface area contributed by atoms with Gasteiger partial charge >= 0.3 is 0 Å². The van der Waals surface area contributed by atoms with Crippen molar-refractivity contribution in [3.63, 3.8) is 0 Å². The van der Waals surface area contributed by atoms with Gasteiger partial charge in [-0.25, -0.2) is 4.39 Å². The smallest absolute Gasteiger partial charge is 0.210 e.